The predicted molar refractivity (Wildman–Crippen MR) is 91.8 cm³/mol. The Balaban J connectivity index is 1.88. The van der Waals surface area contributed by atoms with Gasteiger partial charge in [-0.2, -0.15) is 0 Å². The lowest BCUT2D eigenvalue weighted by Gasteiger charge is -2.32. The van der Waals surface area contributed by atoms with Crippen molar-refractivity contribution in [1.29, 1.82) is 0 Å². The topological polar surface area (TPSA) is 18.5 Å². The smallest absolute Gasteiger partial charge is 0.0343 e. The Kier molecular flexibility index (Phi) is 6.52. The van der Waals surface area contributed by atoms with E-state index in [0.29, 0.717) is 6.04 Å². The number of piperidine rings is 1. The van der Waals surface area contributed by atoms with Crippen LogP contribution in [-0.4, -0.2) is 49.1 Å². The first-order valence-corrected chi connectivity index (χ1v) is 8.48. The van der Waals surface area contributed by atoms with Gasteiger partial charge in [-0.3, -0.25) is 4.90 Å². The van der Waals surface area contributed by atoms with E-state index in [1.54, 1.807) is 0 Å². The van der Waals surface area contributed by atoms with E-state index in [1.165, 1.54) is 37.1 Å². The monoisotopic (exact) mass is 289 g/mol. The summed E-state index contributed by atoms with van der Waals surface area (Å²) in [4.78, 5) is 4.95. The van der Waals surface area contributed by atoms with Gasteiger partial charge in [0.1, 0.15) is 0 Å². The molecule has 1 unspecified atom stereocenters. The van der Waals surface area contributed by atoms with E-state index in [-0.39, 0.29) is 0 Å². The molecule has 0 amide bonds. The van der Waals surface area contributed by atoms with E-state index in [9.17, 15) is 0 Å². The third-order valence-electron chi connectivity index (χ3n) is 4.69. The molecule has 21 heavy (non-hydrogen) atoms. The van der Waals surface area contributed by atoms with Crippen LogP contribution < -0.4 is 5.32 Å². The van der Waals surface area contributed by atoms with Gasteiger partial charge in [0.2, 0.25) is 0 Å². The van der Waals surface area contributed by atoms with Crippen LogP contribution in [0.4, 0.5) is 5.69 Å². The summed E-state index contributed by atoms with van der Waals surface area (Å²) >= 11 is 0. The van der Waals surface area contributed by atoms with Gasteiger partial charge in [0.25, 0.3) is 0 Å². The Labute approximate surface area is 130 Å². The maximum atomic E-state index is 3.63. The molecule has 1 saturated heterocycles. The fourth-order valence-corrected chi connectivity index (χ4v) is 3.12. The van der Waals surface area contributed by atoms with Crippen LogP contribution in [0.5, 0.6) is 0 Å². The number of hydrogen-bond donors (Lipinski definition) is 1. The minimum atomic E-state index is 0.685. The highest BCUT2D eigenvalue weighted by Crippen LogP contribution is 2.17. The molecule has 118 valence electrons. The van der Waals surface area contributed by atoms with Crippen molar-refractivity contribution in [3.63, 3.8) is 0 Å². The van der Waals surface area contributed by atoms with Crippen LogP contribution in [0.2, 0.25) is 0 Å². The van der Waals surface area contributed by atoms with Gasteiger partial charge in [0.05, 0.1) is 0 Å². The van der Waals surface area contributed by atoms with Crippen LogP contribution in [0.1, 0.15) is 38.7 Å². The van der Waals surface area contributed by atoms with Crippen LogP contribution in [0, 0.1) is 0 Å². The normalized spacial score (nSPS) is 19.9. The van der Waals surface area contributed by atoms with Gasteiger partial charge in [0.15, 0.2) is 0 Å². The second-order valence-electron chi connectivity index (χ2n) is 6.17. The first kappa shape index (κ1) is 16.3. The Bertz CT molecular complexity index is 415. The predicted octanol–water partition coefficient (Wildman–Crippen LogP) is 3.42. The van der Waals surface area contributed by atoms with Crippen molar-refractivity contribution in [2.45, 2.75) is 45.7 Å². The molecule has 1 atom stereocenters. The van der Waals surface area contributed by atoms with Gasteiger partial charge in [-0.15, -0.1) is 0 Å². The van der Waals surface area contributed by atoms with Crippen LogP contribution >= 0.6 is 0 Å². The van der Waals surface area contributed by atoms with Crippen molar-refractivity contribution in [3.8, 4) is 0 Å². The molecule has 1 aliphatic rings. The molecule has 0 aromatic heterocycles. The third kappa shape index (κ3) is 5.01. The highest BCUT2D eigenvalue weighted by Gasteiger charge is 2.18. The molecule has 3 heteroatoms. The SMILES string of the molecule is CCN(CC)Cc1cccc(NCC2CCCCN2C)c1. The molecular weight excluding hydrogens is 258 g/mol. The van der Waals surface area contributed by atoms with Crippen molar-refractivity contribution < 1.29 is 0 Å². The number of benzene rings is 1. The van der Waals surface area contributed by atoms with Crippen LogP contribution in [-0.2, 0) is 6.54 Å². The van der Waals surface area contributed by atoms with Crippen molar-refractivity contribution in [1.82, 2.24) is 9.80 Å². The number of rotatable bonds is 7. The second-order valence-corrected chi connectivity index (χ2v) is 6.17. The lowest BCUT2D eigenvalue weighted by atomic mass is 10.0. The molecule has 1 heterocycles. The summed E-state index contributed by atoms with van der Waals surface area (Å²) in [6, 6.07) is 9.59. The largest absolute Gasteiger partial charge is 0.383 e. The molecule has 3 nitrogen and oxygen atoms in total. The molecule has 1 N–H and O–H groups in total. The maximum absolute atomic E-state index is 3.63. The van der Waals surface area contributed by atoms with Crippen LogP contribution in [0.3, 0.4) is 0 Å². The van der Waals surface area contributed by atoms with Crippen molar-refractivity contribution in [2.75, 3.05) is 38.5 Å². The van der Waals surface area contributed by atoms with Gasteiger partial charge in [-0.1, -0.05) is 32.4 Å². The Morgan fingerprint density at radius 2 is 2.05 bits per heavy atom. The van der Waals surface area contributed by atoms with Crippen molar-refractivity contribution in [2.24, 2.45) is 0 Å². The van der Waals surface area contributed by atoms with E-state index in [1.807, 2.05) is 0 Å². The van der Waals surface area contributed by atoms with Gasteiger partial charge >= 0.3 is 0 Å². The molecule has 1 aromatic rings. The van der Waals surface area contributed by atoms with Crippen molar-refractivity contribution in [3.05, 3.63) is 29.8 Å². The number of nitrogens with zero attached hydrogens (tertiary/aromatic N) is 2. The fourth-order valence-electron chi connectivity index (χ4n) is 3.12. The number of anilines is 1. The van der Waals surface area contributed by atoms with Gasteiger partial charge in [-0.25, -0.2) is 0 Å². The number of hydrogen-bond acceptors (Lipinski definition) is 3. The van der Waals surface area contributed by atoms with E-state index in [4.69, 9.17) is 0 Å². The zero-order valence-electron chi connectivity index (χ0n) is 13.9. The number of nitrogens with one attached hydrogen (secondary N) is 1. The van der Waals surface area contributed by atoms with E-state index in [2.05, 4.69) is 60.3 Å². The van der Waals surface area contributed by atoms with Crippen LogP contribution in [0.25, 0.3) is 0 Å². The Morgan fingerprint density at radius 1 is 1.24 bits per heavy atom. The summed E-state index contributed by atoms with van der Waals surface area (Å²) in [5.41, 5.74) is 2.67. The minimum absolute atomic E-state index is 0.685. The van der Waals surface area contributed by atoms with E-state index >= 15 is 0 Å². The summed E-state index contributed by atoms with van der Waals surface area (Å²) in [7, 11) is 2.25. The third-order valence-corrected chi connectivity index (χ3v) is 4.69. The van der Waals surface area contributed by atoms with Gasteiger partial charge in [0, 0.05) is 24.8 Å². The number of likely N-dealkylation sites (tertiary alicyclic amines) is 1. The second kappa shape index (κ2) is 8.40. The number of likely N-dealkylation sites (N-methyl/N-ethyl adjacent to an activating group) is 1. The molecule has 0 spiro atoms. The van der Waals surface area contributed by atoms with Crippen LogP contribution in [0.15, 0.2) is 24.3 Å². The molecule has 0 aliphatic carbocycles. The molecule has 0 saturated carbocycles. The summed E-state index contributed by atoms with van der Waals surface area (Å²) in [6.07, 6.45) is 4.05. The maximum Gasteiger partial charge on any atom is 0.0343 e. The summed E-state index contributed by atoms with van der Waals surface area (Å²) in [5, 5.41) is 3.63. The molecule has 1 aliphatic heterocycles. The minimum Gasteiger partial charge on any atom is -0.383 e. The van der Waals surface area contributed by atoms with Crippen molar-refractivity contribution >= 4 is 5.69 Å². The van der Waals surface area contributed by atoms with Gasteiger partial charge < -0.3 is 10.2 Å². The molecule has 0 bridgehead atoms. The molecular formula is C18H31N3. The summed E-state index contributed by atoms with van der Waals surface area (Å²) in [6.45, 7) is 10.0. The molecule has 1 fully saturated rings. The Hall–Kier alpha value is -1.06. The first-order valence-electron chi connectivity index (χ1n) is 8.48. The Morgan fingerprint density at radius 3 is 2.76 bits per heavy atom. The summed E-state index contributed by atoms with van der Waals surface area (Å²) < 4.78 is 0. The lowest BCUT2D eigenvalue weighted by molar-refractivity contribution is 0.194. The fraction of sp³-hybridized carbons (Fsp3) is 0.667. The molecule has 1 aromatic carbocycles. The zero-order chi connectivity index (χ0) is 15.1. The lowest BCUT2D eigenvalue weighted by Crippen LogP contribution is -2.40. The zero-order valence-corrected chi connectivity index (χ0v) is 13.9. The molecule has 0 radical (unpaired) electrons. The molecule has 2 rings (SSSR count). The first-order chi connectivity index (χ1) is 10.2. The van der Waals surface area contributed by atoms with E-state index in [0.717, 1.165) is 26.2 Å². The van der Waals surface area contributed by atoms with E-state index < -0.39 is 0 Å². The summed E-state index contributed by atoms with van der Waals surface area (Å²) in [5.74, 6) is 0. The quantitative estimate of drug-likeness (QED) is 0.829. The highest BCUT2D eigenvalue weighted by atomic mass is 15.2. The standard InChI is InChI=1S/C18H31N3/c1-4-21(5-2)15-16-9-8-10-17(13-16)19-14-18-11-6-7-12-20(18)3/h8-10,13,18-19H,4-7,11-12,14-15H2,1-3H3. The average Bonchev–Trinajstić information content (AvgIpc) is 2.52. The van der Waals surface area contributed by atoms with Gasteiger partial charge in [-0.05, 0) is 57.2 Å². The average molecular weight is 289 g/mol. The highest BCUT2D eigenvalue weighted by molar-refractivity contribution is 5.45.